The van der Waals surface area contributed by atoms with Gasteiger partial charge in [-0.1, -0.05) is 48.9 Å². The fraction of sp³-hybridized carbons (Fsp3) is 0.323. The fourth-order valence-corrected chi connectivity index (χ4v) is 4.45. The number of nitrogens with two attached hydrogens (primary N) is 1. The van der Waals surface area contributed by atoms with Crippen molar-refractivity contribution < 1.29 is 23.7 Å². The van der Waals surface area contributed by atoms with E-state index in [1.54, 1.807) is 28.4 Å². The molecule has 11 heteroatoms. The molecule has 3 rings (SSSR count). The Balaban J connectivity index is 0.00000616. The largest absolute Gasteiger partial charge is 0.493 e. The van der Waals surface area contributed by atoms with Crippen LogP contribution in [-0.4, -0.2) is 55.9 Å². The van der Waals surface area contributed by atoms with Gasteiger partial charge in [0.05, 0.1) is 46.4 Å². The zero-order valence-electron chi connectivity index (χ0n) is 24.4. The molecule has 0 saturated carbocycles. The first-order valence-electron chi connectivity index (χ1n) is 13.2. The summed E-state index contributed by atoms with van der Waals surface area (Å²) < 4.78 is 27.5. The third kappa shape index (κ3) is 11.3. The van der Waals surface area contributed by atoms with E-state index in [9.17, 15) is 0 Å². The predicted octanol–water partition coefficient (Wildman–Crippen LogP) is 7.00. The van der Waals surface area contributed by atoms with Crippen molar-refractivity contribution in [3.05, 3.63) is 65.0 Å². The third-order valence-electron chi connectivity index (χ3n) is 5.98. The Morgan fingerprint density at radius 1 is 0.714 bits per heavy atom. The molecule has 0 fully saturated rings. The summed E-state index contributed by atoms with van der Waals surface area (Å²) in [4.78, 5) is 9.22. The molecule has 0 bridgehead atoms. The first kappa shape index (κ1) is 34.5. The first-order valence-corrected chi connectivity index (χ1v) is 14.2. The van der Waals surface area contributed by atoms with Gasteiger partial charge >= 0.3 is 6.01 Å². The molecule has 2 aromatic carbocycles. The van der Waals surface area contributed by atoms with Crippen molar-refractivity contribution in [2.45, 2.75) is 25.7 Å². The van der Waals surface area contributed by atoms with Crippen molar-refractivity contribution >= 4 is 58.2 Å². The minimum Gasteiger partial charge on any atom is -0.493 e. The van der Waals surface area contributed by atoms with Gasteiger partial charge in [-0.3, -0.25) is 5.41 Å². The van der Waals surface area contributed by atoms with Crippen LogP contribution in [-0.2, 0) is 0 Å². The maximum Gasteiger partial charge on any atom is 0.317 e. The number of amidine groups is 1. The number of thioether (sulfide) groups is 1. The van der Waals surface area contributed by atoms with Crippen molar-refractivity contribution in [2.24, 2.45) is 5.73 Å². The Kier molecular flexibility index (Phi) is 15.3. The zero-order chi connectivity index (χ0) is 29.5. The molecule has 3 aromatic rings. The molecule has 3 N–H and O–H groups in total. The molecule has 0 spiro atoms. The topological polar surface area (TPSA) is 122 Å². The maximum atomic E-state index is 7.27. The van der Waals surface area contributed by atoms with E-state index in [-0.39, 0.29) is 22.1 Å². The lowest BCUT2D eigenvalue weighted by atomic mass is 10.1. The number of nitrogens with zero attached hydrogens (tertiary/aromatic N) is 2. The third-order valence-corrected chi connectivity index (χ3v) is 6.78. The zero-order valence-corrected chi connectivity index (χ0v) is 27.0. The van der Waals surface area contributed by atoms with Crippen LogP contribution >= 0.6 is 28.7 Å². The Labute approximate surface area is 262 Å². The molecule has 1 heterocycles. The molecule has 0 aliphatic carbocycles. The smallest absolute Gasteiger partial charge is 0.317 e. The molecule has 0 atom stereocenters. The maximum absolute atomic E-state index is 7.27. The Morgan fingerprint density at radius 2 is 1.21 bits per heavy atom. The molecular weight excluding hydrogens is 620 g/mol. The summed E-state index contributed by atoms with van der Waals surface area (Å²) in [6.07, 6.45) is 11.7. The fourth-order valence-electron chi connectivity index (χ4n) is 3.88. The quantitative estimate of drug-likeness (QED) is 0.0952. The molecule has 0 saturated heterocycles. The van der Waals surface area contributed by atoms with Crippen molar-refractivity contribution in [3.8, 4) is 29.0 Å². The van der Waals surface area contributed by atoms with E-state index in [1.165, 1.54) is 11.8 Å². The van der Waals surface area contributed by atoms with Crippen LogP contribution in [0.4, 0.5) is 0 Å². The number of nitrogens with one attached hydrogen (secondary N) is 1. The van der Waals surface area contributed by atoms with Gasteiger partial charge in [-0.25, -0.2) is 0 Å². The average molecular weight is 660 g/mol. The predicted molar refractivity (Wildman–Crippen MR) is 178 cm³/mol. The Hall–Kier alpha value is -3.70. The van der Waals surface area contributed by atoms with Crippen LogP contribution in [0.5, 0.6) is 29.0 Å². The normalized spacial score (nSPS) is 10.9. The van der Waals surface area contributed by atoms with Crippen LogP contribution in [0.3, 0.4) is 0 Å². The lowest BCUT2D eigenvalue weighted by Crippen LogP contribution is -2.05. The highest BCUT2D eigenvalue weighted by Crippen LogP contribution is 2.29. The van der Waals surface area contributed by atoms with E-state index in [4.69, 9.17) is 34.8 Å². The van der Waals surface area contributed by atoms with Gasteiger partial charge in [-0.05, 0) is 66.5 Å². The number of rotatable bonds is 16. The molecule has 0 radical (unpaired) electrons. The summed E-state index contributed by atoms with van der Waals surface area (Å²) in [6, 6.07) is 13.6. The van der Waals surface area contributed by atoms with Gasteiger partial charge < -0.3 is 29.4 Å². The molecule has 9 nitrogen and oxygen atoms in total. The lowest BCUT2D eigenvalue weighted by Gasteiger charge is -2.08. The number of methoxy groups -OCH3 is 4. The summed E-state index contributed by atoms with van der Waals surface area (Å²) in [5, 5.41) is 7.44. The van der Waals surface area contributed by atoms with Crippen molar-refractivity contribution in [2.75, 3.05) is 40.8 Å². The molecule has 42 heavy (non-hydrogen) atoms. The SMILES string of the molecule is Br.COc1ccc(/C=C/c2cc(/C=C/c3ccc(OC)c(OC)c3)nc(OCCCCCCSC(=N)N)n2)cc1OC. The van der Waals surface area contributed by atoms with Crippen LogP contribution in [0.1, 0.15) is 48.2 Å². The summed E-state index contributed by atoms with van der Waals surface area (Å²) in [5.41, 5.74) is 8.67. The van der Waals surface area contributed by atoms with Gasteiger partial charge in [0.15, 0.2) is 28.2 Å². The number of unbranched alkanes of at least 4 members (excludes halogenated alkanes) is 3. The number of hydrogen-bond acceptors (Lipinski definition) is 9. The lowest BCUT2D eigenvalue weighted by molar-refractivity contribution is 0.281. The standard InChI is InChI=1S/C31H38N4O5S.BrH/c1-36-26-15-11-22(19-28(26)38-3)9-13-24-21-25(14-10-23-12-16-27(37-2)29(20-23)39-4)35-31(34-24)40-17-7-5-6-8-18-41-30(32)33;/h9-16,19-21H,5-8,17-18H2,1-4H3,(H3,32,33);1H/b13-9+,14-10+;. The molecule has 0 amide bonds. The van der Waals surface area contributed by atoms with Crippen LogP contribution in [0.15, 0.2) is 42.5 Å². The first-order chi connectivity index (χ1) is 19.9. The number of aromatic nitrogens is 2. The van der Waals surface area contributed by atoms with Gasteiger partial charge in [0.1, 0.15) is 0 Å². The molecule has 0 aliphatic heterocycles. The monoisotopic (exact) mass is 658 g/mol. The van der Waals surface area contributed by atoms with Crippen LogP contribution in [0, 0.1) is 5.41 Å². The van der Waals surface area contributed by atoms with Crippen molar-refractivity contribution in [1.82, 2.24) is 9.97 Å². The minimum atomic E-state index is 0. The van der Waals surface area contributed by atoms with Crippen LogP contribution in [0.25, 0.3) is 24.3 Å². The average Bonchev–Trinajstić information content (AvgIpc) is 2.99. The van der Waals surface area contributed by atoms with Gasteiger partial charge in [-0.2, -0.15) is 9.97 Å². The van der Waals surface area contributed by atoms with E-state index in [0.29, 0.717) is 47.0 Å². The second-order valence-electron chi connectivity index (χ2n) is 8.87. The highest BCUT2D eigenvalue weighted by molar-refractivity contribution is 8.93. The number of ether oxygens (including phenoxy) is 5. The van der Waals surface area contributed by atoms with Crippen molar-refractivity contribution in [3.63, 3.8) is 0 Å². The molecular formula is C31H39BrN4O5S. The van der Waals surface area contributed by atoms with E-state index in [0.717, 1.165) is 42.6 Å². The van der Waals surface area contributed by atoms with Crippen LogP contribution in [0.2, 0.25) is 0 Å². The minimum absolute atomic E-state index is 0. The molecule has 0 unspecified atom stereocenters. The summed E-state index contributed by atoms with van der Waals surface area (Å²) in [7, 11) is 6.45. The number of benzene rings is 2. The molecule has 1 aromatic heterocycles. The van der Waals surface area contributed by atoms with E-state index in [2.05, 4.69) is 9.97 Å². The highest BCUT2D eigenvalue weighted by Gasteiger charge is 2.07. The van der Waals surface area contributed by atoms with Gasteiger partial charge in [0.2, 0.25) is 0 Å². The molecule has 226 valence electrons. The number of halogens is 1. The van der Waals surface area contributed by atoms with E-state index >= 15 is 0 Å². The second kappa shape index (κ2) is 18.7. The summed E-state index contributed by atoms with van der Waals surface area (Å²) in [6.45, 7) is 0.515. The summed E-state index contributed by atoms with van der Waals surface area (Å²) in [5.74, 6) is 3.51. The van der Waals surface area contributed by atoms with Gasteiger partial charge in [0.25, 0.3) is 0 Å². The Bertz CT molecular complexity index is 1270. The van der Waals surface area contributed by atoms with Gasteiger partial charge in [0, 0.05) is 5.75 Å². The van der Waals surface area contributed by atoms with Crippen molar-refractivity contribution in [1.29, 1.82) is 5.41 Å². The Morgan fingerprint density at radius 3 is 1.69 bits per heavy atom. The highest BCUT2D eigenvalue weighted by atomic mass is 79.9. The van der Waals surface area contributed by atoms with Gasteiger partial charge in [-0.15, -0.1) is 17.0 Å². The van der Waals surface area contributed by atoms with E-state index < -0.39 is 0 Å². The van der Waals surface area contributed by atoms with E-state index in [1.807, 2.05) is 66.8 Å². The summed E-state index contributed by atoms with van der Waals surface area (Å²) >= 11 is 1.38. The van der Waals surface area contributed by atoms with Crippen LogP contribution < -0.4 is 29.4 Å². The second-order valence-corrected chi connectivity index (χ2v) is 10.0. The number of hydrogen-bond donors (Lipinski definition) is 2. The molecule has 0 aliphatic rings.